The lowest BCUT2D eigenvalue weighted by molar-refractivity contribution is -0.115. The molecule has 0 bridgehead atoms. The van der Waals surface area contributed by atoms with Crippen LogP contribution in [0.5, 0.6) is 0 Å². The summed E-state index contributed by atoms with van der Waals surface area (Å²) in [7, 11) is 0. The highest BCUT2D eigenvalue weighted by molar-refractivity contribution is 6.23. The molecule has 0 saturated carbocycles. The van der Waals surface area contributed by atoms with E-state index in [-0.39, 0.29) is 17.5 Å². The number of anilines is 1. The van der Waals surface area contributed by atoms with Gasteiger partial charge in [0.05, 0.1) is 23.8 Å². The summed E-state index contributed by atoms with van der Waals surface area (Å²) in [6, 6.07) is 28.3. The maximum absolute atomic E-state index is 14.0. The Morgan fingerprint density at radius 1 is 0.906 bits per heavy atom. The van der Waals surface area contributed by atoms with Gasteiger partial charge in [-0.05, 0) is 38.5 Å². The number of carbonyl (C=O) groups is 1. The van der Waals surface area contributed by atoms with Gasteiger partial charge < -0.3 is 5.32 Å². The van der Waals surface area contributed by atoms with Crippen molar-refractivity contribution in [1.82, 2.24) is 5.32 Å². The number of nitrogens with one attached hydrogen (secondary N) is 1. The van der Waals surface area contributed by atoms with E-state index in [0.717, 1.165) is 28.1 Å². The molecule has 0 radical (unpaired) electrons. The molecule has 2 heterocycles. The Balaban J connectivity index is 1.76. The van der Waals surface area contributed by atoms with Crippen molar-refractivity contribution in [2.24, 2.45) is 4.99 Å². The summed E-state index contributed by atoms with van der Waals surface area (Å²) in [5.41, 5.74) is 6.30. The van der Waals surface area contributed by atoms with Crippen LogP contribution in [0.4, 0.5) is 5.69 Å². The van der Waals surface area contributed by atoms with E-state index in [4.69, 9.17) is 4.99 Å². The van der Waals surface area contributed by atoms with Crippen molar-refractivity contribution in [1.29, 1.82) is 0 Å². The normalized spacial score (nSPS) is 19.8. The van der Waals surface area contributed by atoms with E-state index in [0.29, 0.717) is 12.2 Å². The van der Waals surface area contributed by atoms with Gasteiger partial charge >= 0.3 is 0 Å². The molecule has 5 rings (SSSR count). The van der Waals surface area contributed by atoms with Crippen molar-refractivity contribution in [3.05, 3.63) is 113 Å². The number of benzene rings is 3. The Kier molecular flexibility index (Phi) is 4.93. The lowest BCUT2D eigenvalue weighted by Crippen LogP contribution is -2.44. The van der Waals surface area contributed by atoms with Gasteiger partial charge in [-0.1, -0.05) is 78.4 Å². The van der Waals surface area contributed by atoms with Crippen LogP contribution in [0.1, 0.15) is 36.6 Å². The van der Waals surface area contributed by atoms with Gasteiger partial charge in [0.15, 0.2) is 0 Å². The van der Waals surface area contributed by atoms with E-state index in [1.54, 1.807) is 0 Å². The molecule has 0 aliphatic carbocycles. The third-order valence-electron chi connectivity index (χ3n) is 6.06. The molecule has 0 aromatic heterocycles. The van der Waals surface area contributed by atoms with E-state index < -0.39 is 0 Å². The fourth-order valence-electron chi connectivity index (χ4n) is 4.49. The fraction of sp³-hybridized carbons (Fsp3) is 0.214. The van der Waals surface area contributed by atoms with Crippen LogP contribution in [0.25, 0.3) is 0 Å². The van der Waals surface area contributed by atoms with Crippen LogP contribution in [0.15, 0.2) is 101 Å². The third-order valence-corrected chi connectivity index (χ3v) is 6.06. The summed E-state index contributed by atoms with van der Waals surface area (Å²) in [6.07, 6.45) is 0. The molecule has 1 unspecified atom stereocenters. The van der Waals surface area contributed by atoms with Crippen LogP contribution in [-0.4, -0.2) is 23.7 Å². The average molecular weight is 422 g/mol. The fourth-order valence-corrected chi connectivity index (χ4v) is 4.49. The minimum atomic E-state index is -0.336. The second-order valence-electron chi connectivity index (χ2n) is 9.15. The molecule has 2 aliphatic heterocycles. The molecule has 4 heteroatoms. The Morgan fingerprint density at radius 3 is 2.19 bits per heavy atom. The van der Waals surface area contributed by atoms with Crippen LogP contribution in [0.2, 0.25) is 0 Å². The summed E-state index contributed by atoms with van der Waals surface area (Å²) in [5, 5.41) is 3.55. The molecule has 1 N–H and O–H groups in total. The molecule has 1 amide bonds. The second kappa shape index (κ2) is 7.79. The molecular formula is C28H27N3O. The number of rotatable bonds is 3. The van der Waals surface area contributed by atoms with E-state index in [1.165, 1.54) is 5.56 Å². The van der Waals surface area contributed by atoms with Gasteiger partial charge in [0.2, 0.25) is 0 Å². The van der Waals surface area contributed by atoms with Crippen molar-refractivity contribution < 1.29 is 4.79 Å². The monoisotopic (exact) mass is 421 g/mol. The van der Waals surface area contributed by atoms with Crippen LogP contribution in [0, 0.1) is 6.92 Å². The van der Waals surface area contributed by atoms with E-state index in [2.05, 4.69) is 62.5 Å². The molecule has 0 saturated heterocycles. The molecule has 0 fully saturated rings. The molecule has 32 heavy (non-hydrogen) atoms. The highest BCUT2D eigenvalue weighted by Gasteiger charge is 2.45. The number of hydrogen-bond acceptors (Lipinski definition) is 3. The zero-order chi connectivity index (χ0) is 22.3. The van der Waals surface area contributed by atoms with Crippen molar-refractivity contribution in [3.63, 3.8) is 0 Å². The summed E-state index contributed by atoms with van der Waals surface area (Å²) in [5.74, 6) is -0.0182. The summed E-state index contributed by atoms with van der Waals surface area (Å²) < 4.78 is 0. The maximum Gasteiger partial charge on any atom is 0.275 e. The standard InChI is InChI=1S/C28H27N3O/c1-19-14-16-21(17-15-19)26-23-24(20-10-6-4-7-11-20)29-18-28(2,3)30-25(23)27(32)31(26)22-12-8-5-9-13-22/h4-17,26,30H,18H2,1-3H3. The van der Waals surface area contributed by atoms with Crippen LogP contribution < -0.4 is 10.2 Å². The first-order valence-corrected chi connectivity index (χ1v) is 11.0. The topological polar surface area (TPSA) is 44.7 Å². The van der Waals surface area contributed by atoms with E-state index in [1.807, 2.05) is 53.4 Å². The molecular weight excluding hydrogens is 394 g/mol. The predicted octanol–water partition coefficient (Wildman–Crippen LogP) is 5.21. The Hall–Kier alpha value is -3.66. The number of amides is 1. The predicted molar refractivity (Wildman–Crippen MR) is 130 cm³/mol. The largest absolute Gasteiger partial charge is 0.373 e. The minimum Gasteiger partial charge on any atom is -0.373 e. The Morgan fingerprint density at radius 2 is 1.53 bits per heavy atom. The molecule has 2 aliphatic rings. The van der Waals surface area contributed by atoms with Crippen LogP contribution in [0.3, 0.4) is 0 Å². The average Bonchev–Trinajstić information content (AvgIpc) is 2.98. The first-order chi connectivity index (χ1) is 15.4. The van der Waals surface area contributed by atoms with Crippen LogP contribution in [-0.2, 0) is 4.79 Å². The number of nitrogens with zero attached hydrogens (tertiary/aromatic N) is 2. The maximum atomic E-state index is 14.0. The number of hydrogen-bond donors (Lipinski definition) is 1. The smallest absolute Gasteiger partial charge is 0.275 e. The first kappa shape index (κ1) is 20.3. The number of carbonyl (C=O) groups excluding carboxylic acids is 1. The molecule has 3 aromatic rings. The van der Waals surface area contributed by atoms with Gasteiger partial charge in [-0.2, -0.15) is 0 Å². The Bertz CT molecular complexity index is 1210. The first-order valence-electron chi connectivity index (χ1n) is 11.0. The van der Waals surface area contributed by atoms with E-state index in [9.17, 15) is 4.79 Å². The SMILES string of the molecule is Cc1ccc(C2C3=C(NC(C)(C)CN=C3c3ccccc3)C(=O)N2c2ccccc2)cc1. The van der Waals surface area contributed by atoms with Gasteiger partial charge in [-0.15, -0.1) is 0 Å². The van der Waals surface area contributed by atoms with Gasteiger partial charge in [0.25, 0.3) is 5.91 Å². The highest BCUT2D eigenvalue weighted by atomic mass is 16.2. The minimum absolute atomic E-state index is 0.0182. The summed E-state index contributed by atoms with van der Waals surface area (Å²) in [4.78, 5) is 20.9. The summed E-state index contributed by atoms with van der Waals surface area (Å²) >= 11 is 0. The number of aryl methyl sites for hydroxylation is 1. The van der Waals surface area contributed by atoms with Crippen molar-refractivity contribution >= 4 is 17.3 Å². The number of para-hydroxylation sites is 1. The van der Waals surface area contributed by atoms with Gasteiger partial charge in [-0.25, -0.2) is 0 Å². The van der Waals surface area contributed by atoms with Crippen molar-refractivity contribution in [2.75, 3.05) is 11.4 Å². The second-order valence-corrected chi connectivity index (χ2v) is 9.15. The lowest BCUT2D eigenvalue weighted by atomic mass is 9.91. The Labute approximate surface area is 189 Å². The quantitative estimate of drug-likeness (QED) is 0.631. The summed E-state index contributed by atoms with van der Waals surface area (Å²) in [6.45, 7) is 6.85. The molecule has 1 atom stereocenters. The van der Waals surface area contributed by atoms with Gasteiger partial charge in [0.1, 0.15) is 5.70 Å². The highest BCUT2D eigenvalue weighted by Crippen LogP contribution is 2.43. The van der Waals surface area contributed by atoms with Gasteiger partial charge in [0, 0.05) is 16.8 Å². The molecule has 3 aromatic carbocycles. The molecule has 0 spiro atoms. The number of aliphatic imine (C=N–C) groups is 1. The van der Waals surface area contributed by atoms with Gasteiger partial charge in [-0.3, -0.25) is 14.7 Å². The zero-order valence-electron chi connectivity index (χ0n) is 18.7. The van der Waals surface area contributed by atoms with E-state index >= 15 is 0 Å². The third kappa shape index (κ3) is 3.52. The lowest BCUT2D eigenvalue weighted by Gasteiger charge is -2.29. The van der Waals surface area contributed by atoms with Crippen LogP contribution >= 0.6 is 0 Å². The van der Waals surface area contributed by atoms with Crippen molar-refractivity contribution in [2.45, 2.75) is 32.4 Å². The molecule has 160 valence electrons. The molecule has 4 nitrogen and oxygen atoms in total. The van der Waals surface area contributed by atoms with Crippen molar-refractivity contribution in [3.8, 4) is 0 Å². The zero-order valence-corrected chi connectivity index (χ0v) is 18.7.